The summed E-state index contributed by atoms with van der Waals surface area (Å²) < 4.78 is 19.0. The van der Waals surface area contributed by atoms with Crippen LogP contribution in [0.15, 0.2) is 72.8 Å². The van der Waals surface area contributed by atoms with Gasteiger partial charge in [-0.2, -0.15) is 5.26 Å². The Kier molecular flexibility index (Phi) is 5.68. The number of hydrogen-bond acceptors (Lipinski definition) is 2. The molecule has 0 bridgehead atoms. The topological polar surface area (TPSA) is 33.0 Å². The van der Waals surface area contributed by atoms with Crippen molar-refractivity contribution in [1.82, 2.24) is 0 Å². The van der Waals surface area contributed by atoms with Crippen molar-refractivity contribution >= 4 is 23.3 Å². The molecule has 4 heteroatoms. The number of hydrogen-bond donors (Lipinski definition) is 0. The van der Waals surface area contributed by atoms with E-state index in [4.69, 9.17) is 16.3 Å². The molecule has 0 fully saturated rings. The zero-order chi connectivity index (χ0) is 18.4. The summed E-state index contributed by atoms with van der Waals surface area (Å²) in [6.07, 6.45) is 1.79. The Labute approximate surface area is 156 Å². The number of ether oxygens (including phenoxy) is 1. The smallest absolute Gasteiger partial charge is 0.123 e. The van der Waals surface area contributed by atoms with Gasteiger partial charge in [-0.1, -0.05) is 48.0 Å². The van der Waals surface area contributed by atoms with E-state index in [1.165, 1.54) is 12.1 Å². The van der Waals surface area contributed by atoms with E-state index in [0.717, 1.165) is 16.7 Å². The molecular formula is C22H15ClFNO. The molecule has 0 saturated carbocycles. The second-order valence-electron chi connectivity index (χ2n) is 5.67. The molecular weight excluding hydrogens is 349 g/mol. The van der Waals surface area contributed by atoms with Gasteiger partial charge >= 0.3 is 0 Å². The molecule has 0 aromatic heterocycles. The molecule has 0 N–H and O–H groups in total. The van der Waals surface area contributed by atoms with E-state index in [0.29, 0.717) is 16.3 Å². The van der Waals surface area contributed by atoms with Crippen molar-refractivity contribution in [3.63, 3.8) is 0 Å². The van der Waals surface area contributed by atoms with Gasteiger partial charge < -0.3 is 4.74 Å². The van der Waals surface area contributed by atoms with E-state index in [2.05, 4.69) is 6.07 Å². The number of allylic oxidation sites excluding steroid dienone is 1. The van der Waals surface area contributed by atoms with Crippen LogP contribution in [0.25, 0.3) is 11.6 Å². The maximum atomic E-state index is 13.2. The molecule has 0 amide bonds. The molecule has 0 unspecified atom stereocenters. The van der Waals surface area contributed by atoms with Crippen molar-refractivity contribution in [3.05, 3.63) is 100 Å². The van der Waals surface area contributed by atoms with Crippen LogP contribution < -0.4 is 4.74 Å². The van der Waals surface area contributed by atoms with Crippen LogP contribution in [0.2, 0.25) is 5.02 Å². The van der Waals surface area contributed by atoms with Crippen LogP contribution in [0.4, 0.5) is 4.39 Å². The Morgan fingerprint density at radius 3 is 2.54 bits per heavy atom. The number of halogens is 2. The van der Waals surface area contributed by atoms with Crippen molar-refractivity contribution in [1.29, 1.82) is 5.26 Å². The largest absolute Gasteiger partial charge is 0.489 e. The van der Waals surface area contributed by atoms with Crippen LogP contribution in [-0.4, -0.2) is 0 Å². The first kappa shape index (κ1) is 17.7. The summed E-state index contributed by atoms with van der Waals surface area (Å²) >= 11 is 5.89. The Balaban J connectivity index is 1.77. The quantitative estimate of drug-likeness (QED) is 0.404. The summed E-state index contributed by atoms with van der Waals surface area (Å²) in [5, 5.41) is 10.1. The molecule has 3 aromatic rings. The van der Waals surface area contributed by atoms with Gasteiger partial charge in [-0.05, 0) is 59.2 Å². The minimum atomic E-state index is -0.288. The second kappa shape index (κ2) is 8.33. The summed E-state index contributed by atoms with van der Waals surface area (Å²) in [6, 6.07) is 23.0. The van der Waals surface area contributed by atoms with Crippen molar-refractivity contribution in [2.24, 2.45) is 0 Å². The highest BCUT2D eigenvalue weighted by Gasteiger charge is 2.03. The fourth-order valence-electron chi connectivity index (χ4n) is 2.46. The van der Waals surface area contributed by atoms with E-state index >= 15 is 0 Å². The predicted molar refractivity (Wildman–Crippen MR) is 102 cm³/mol. The van der Waals surface area contributed by atoms with E-state index in [-0.39, 0.29) is 12.4 Å². The van der Waals surface area contributed by atoms with Crippen molar-refractivity contribution < 1.29 is 9.13 Å². The molecule has 0 atom stereocenters. The van der Waals surface area contributed by atoms with Crippen molar-refractivity contribution in [2.75, 3.05) is 0 Å². The third-order valence-electron chi connectivity index (χ3n) is 3.74. The standard InChI is InChI=1S/C22H15ClFNO/c23-20-9-7-18(8-10-20)19(14-25)11-16-3-2-6-22(13-16)26-15-17-4-1-5-21(24)12-17/h1-13H,15H2/b19-11+. The van der Waals surface area contributed by atoms with E-state index in [1.54, 1.807) is 30.3 Å². The molecule has 3 rings (SSSR count). The monoisotopic (exact) mass is 363 g/mol. The van der Waals surface area contributed by atoms with Gasteiger partial charge in [0.25, 0.3) is 0 Å². The Morgan fingerprint density at radius 2 is 1.81 bits per heavy atom. The predicted octanol–water partition coefficient (Wildman–Crippen LogP) is 6.12. The van der Waals surface area contributed by atoms with Gasteiger partial charge in [-0.25, -0.2) is 4.39 Å². The SMILES string of the molecule is N#C/C(=C\c1cccc(OCc2cccc(F)c2)c1)c1ccc(Cl)cc1. The lowest BCUT2D eigenvalue weighted by atomic mass is 10.0. The first-order valence-corrected chi connectivity index (χ1v) is 8.37. The molecule has 0 aliphatic rings. The van der Waals surface area contributed by atoms with Crippen molar-refractivity contribution in [2.45, 2.75) is 6.61 Å². The maximum Gasteiger partial charge on any atom is 0.123 e. The average Bonchev–Trinajstić information content (AvgIpc) is 2.66. The molecule has 3 aromatic carbocycles. The molecule has 0 radical (unpaired) electrons. The van der Waals surface area contributed by atoms with Crippen molar-refractivity contribution in [3.8, 4) is 11.8 Å². The first-order valence-electron chi connectivity index (χ1n) is 7.99. The van der Waals surface area contributed by atoms with Crippen LogP contribution in [-0.2, 0) is 6.61 Å². The number of rotatable bonds is 5. The highest BCUT2D eigenvalue weighted by Crippen LogP contribution is 2.22. The summed E-state index contributed by atoms with van der Waals surface area (Å²) in [7, 11) is 0. The molecule has 0 saturated heterocycles. The molecule has 0 aliphatic heterocycles. The van der Waals surface area contributed by atoms with Crippen LogP contribution >= 0.6 is 11.6 Å². The lowest BCUT2D eigenvalue weighted by molar-refractivity contribution is 0.305. The van der Waals surface area contributed by atoms with Gasteiger partial charge in [0.05, 0.1) is 11.6 Å². The van der Waals surface area contributed by atoms with Gasteiger partial charge in [-0.15, -0.1) is 0 Å². The Bertz CT molecular complexity index is 974. The molecule has 0 aliphatic carbocycles. The third-order valence-corrected chi connectivity index (χ3v) is 3.99. The Hall–Kier alpha value is -3.09. The summed E-state index contributed by atoms with van der Waals surface area (Å²) in [4.78, 5) is 0. The van der Waals surface area contributed by atoms with Gasteiger partial charge in [-0.3, -0.25) is 0 Å². The summed E-state index contributed by atoms with van der Waals surface area (Å²) in [6.45, 7) is 0.271. The third kappa shape index (κ3) is 4.72. The number of benzene rings is 3. The highest BCUT2D eigenvalue weighted by atomic mass is 35.5. The second-order valence-corrected chi connectivity index (χ2v) is 6.10. The maximum absolute atomic E-state index is 13.2. The van der Waals surface area contributed by atoms with Crippen LogP contribution in [0, 0.1) is 17.1 Å². The van der Waals surface area contributed by atoms with Crippen LogP contribution in [0.5, 0.6) is 5.75 Å². The van der Waals surface area contributed by atoms with Gasteiger partial charge in [0, 0.05) is 5.02 Å². The number of nitriles is 1. The molecule has 0 spiro atoms. The minimum absolute atomic E-state index is 0.271. The van der Waals surface area contributed by atoms with E-state index < -0.39 is 0 Å². The lowest BCUT2D eigenvalue weighted by Crippen LogP contribution is -1.96. The van der Waals surface area contributed by atoms with Crippen LogP contribution in [0.3, 0.4) is 0 Å². The highest BCUT2D eigenvalue weighted by molar-refractivity contribution is 6.30. The van der Waals surface area contributed by atoms with Gasteiger partial charge in [0.2, 0.25) is 0 Å². The zero-order valence-corrected chi connectivity index (χ0v) is 14.6. The fourth-order valence-corrected chi connectivity index (χ4v) is 2.59. The molecule has 2 nitrogen and oxygen atoms in total. The lowest BCUT2D eigenvalue weighted by Gasteiger charge is -2.07. The first-order chi connectivity index (χ1) is 12.6. The number of nitrogens with zero attached hydrogens (tertiary/aromatic N) is 1. The minimum Gasteiger partial charge on any atom is -0.489 e. The molecule has 26 heavy (non-hydrogen) atoms. The average molecular weight is 364 g/mol. The normalized spacial score (nSPS) is 11.0. The molecule has 128 valence electrons. The van der Waals surface area contributed by atoms with Gasteiger partial charge in [0.1, 0.15) is 18.2 Å². The van der Waals surface area contributed by atoms with Gasteiger partial charge in [0.15, 0.2) is 0 Å². The van der Waals surface area contributed by atoms with Crippen LogP contribution in [0.1, 0.15) is 16.7 Å². The fraction of sp³-hybridized carbons (Fsp3) is 0.0455. The Morgan fingerprint density at radius 1 is 1.04 bits per heavy atom. The molecule has 0 heterocycles. The van der Waals surface area contributed by atoms with E-state index in [1.807, 2.05) is 36.4 Å². The summed E-state index contributed by atoms with van der Waals surface area (Å²) in [5.74, 6) is 0.362. The summed E-state index contributed by atoms with van der Waals surface area (Å²) in [5.41, 5.74) is 2.92. The zero-order valence-electron chi connectivity index (χ0n) is 13.8. The van der Waals surface area contributed by atoms with E-state index in [9.17, 15) is 9.65 Å².